The monoisotopic (exact) mass is 375 g/mol. The summed E-state index contributed by atoms with van der Waals surface area (Å²) in [5, 5.41) is 5.20. The van der Waals surface area contributed by atoms with Crippen molar-refractivity contribution in [2.75, 3.05) is 25.1 Å². The molecule has 3 aromatic rings. The highest BCUT2D eigenvalue weighted by molar-refractivity contribution is 6.07. The van der Waals surface area contributed by atoms with Gasteiger partial charge in [-0.25, -0.2) is 0 Å². The number of carbonyl (C=O) groups excluding carboxylic acids is 1. The van der Waals surface area contributed by atoms with Gasteiger partial charge in [-0.15, -0.1) is 0 Å². The van der Waals surface area contributed by atoms with E-state index in [1.54, 1.807) is 0 Å². The Bertz CT molecular complexity index is 962. The Balaban J connectivity index is 1.72. The minimum atomic E-state index is -0.570. The standard InChI is InChI=1S/C24H25NO3/c1-2-28-22-13-12-21(19-10-6-7-11-20(19)22)25-23(26)24(14-16-27-17-15-24)18-8-4-3-5-9-18/h3-13H,2,14-17H2,1H3,(H,25,26). The predicted octanol–water partition coefficient (Wildman–Crippen LogP) is 4.93. The third kappa shape index (κ3) is 3.36. The topological polar surface area (TPSA) is 47.6 Å². The Morgan fingerprint density at radius 3 is 2.36 bits per heavy atom. The van der Waals surface area contributed by atoms with E-state index in [1.807, 2.05) is 73.7 Å². The third-order valence-corrected chi connectivity index (χ3v) is 5.54. The zero-order chi connectivity index (χ0) is 19.4. The van der Waals surface area contributed by atoms with Gasteiger partial charge in [-0.1, -0.05) is 54.6 Å². The molecule has 1 N–H and O–H groups in total. The zero-order valence-corrected chi connectivity index (χ0v) is 16.1. The Labute approximate surface area is 165 Å². The molecule has 4 nitrogen and oxygen atoms in total. The normalized spacial score (nSPS) is 15.9. The first-order chi connectivity index (χ1) is 13.7. The summed E-state index contributed by atoms with van der Waals surface area (Å²) in [4.78, 5) is 13.5. The van der Waals surface area contributed by atoms with Crippen LogP contribution in [0.15, 0.2) is 66.7 Å². The molecule has 1 heterocycles. The number of amides is 1. The number of hydrogen-bond donors (Lipinski definition) is 1. The van der Waals surface area contributed by atoms with E-state index < -0.39 is 5.41 Å². The maximum atomic E-state index is 13.5. The van der Waals surface area contributed by atoms with Crippen LogP contribution in [-0.2, 0) is 14.9 Å². The van der Waals surface area contributed by atoms with Gasteiger partial charge in [-0.3, -0.25) is 4.79 Å². The number of fused-ring (bicyclic) bond motifs is 1. The van der Waals surface area contributed by atoms with Crippen LogP contribution in [0, 0.1) is 0 Å². The van der Waals surface area contributed by atoms with Gasteiger partial charge in [0.25, 0.3) is 0 Å². The van der Waals surface area contributed by atoms with Gasteiger partial charge >= 0.3 is 0 Å². The van der Waals surface area contributed by atoms with Gasteiger partial charge < -0.3 is 14.8 Å². The maximum Gasteiger partial charge on any atom is 0.235 e. The van der Waals surface area contributed by atoms with Crippen LogP contribution in [0.1, 0.15) is 25.3 Å². The summed E-state index contributed by atoms with van der Waals surface area (Å²) >= 11 is 0. The van der Waals surface area contributed by atoms with Crippen LogP contribution in [0.2, 0.25) is 0 Å². The van der Waals surface area contributed by atoms with E-state index in [9.17, 15) is 4.79 Å². The minimum Gasteiger partial charge on any atom is -0.493 e. The molecule has 1 aliphatic rings. The van der Waals surface area contributed by atoms with E-state index in [-0.39, 0.29) is 5.91 Å². The van der Waals surface area contributed by atoms with Crippen molar-refractivity contribution < 1.29 is 14.3 Å². The Kier molecular flexibility index (Phi) is 5.31. The first-order valence-corrected chi connectivity index (χ1v) is 9.84. The van der Waals surface area contributed by atoms with Crippen molar-refractivity contribution >= 4 is 22.4 Å². The van der Waals surface area contributed by atoms with Crippen molar-refractivity contribution in [2.45, 2.75) is 25.2 Å². The molecule has 0 aliphatic carbocycles. The maximum absolute atomic E-state index is 13.5. The average Bonchev–Trinajstić information content (AvgIpc) is 2.76. The second-order valence-corrected chi connectivity index (χ2v) is 7.10. The molecular weight excluding hydrogens is 350 g/mol. The van der Waals surface area contributed by atoms with Gasteiger partial charge in [0.2, 0.25) is 5.91 Å². The second kappa shape index (κ2) is 8.03. The summed E-state index contributed by atoms with van der Waals surface area (Å²) in [6.45, 7) is 3.75. The van der Waals surface area contributed by atoms with Crippen molar-refractivity contribution in [3.63, 3.8) is 0 Å². The number of rotatable bonds is 5. The highest BCUT2D eigenvalue weighted by atomic mass is 16.5. The number of carbonyl (C=O) groups is 1. The Morgan fingerprint density at radius 2 is 1.64 bits per heavy atom. The van der Waals surface area contributed by atoms with E-state index in [4.69, 9.17) is 9.47 Å². The molecule has 0 spiro atoms. The van der Waals surface area contributed by atoms with Gasteiger partial charge in [0.1, 0.15) is 5.75 Å². The largest absolute Gasteiger partial charge is 0.493 e. The van der Waals surface area contributed by atoms with Crippen LogP contribution in [0.5, 0.6) is 5.75 Å². The summed E-state index contributed by atoms with van der Waals surface area (Å²) in [6.07, 6.45) is 1.36. The minimum absolute atomic E-state index is 0.0244. The quantitative estimate of drug-likeness (QED) is 0.688. The van der Waals surface area contributed by atoms with Gasteiger partial charge in [-0.05, 0) is 37.5 Å². The van der Waals surface area contributed by atoms with E-state index >= 15 is 0 Å². The zero-order valence-electron chi connectivity index (χ0n) is 16.1. The molecule has 1 amide bonds. The summed E-state index contributed by atoms with van der Waals surface area (Å²) < 4.78 is 11.3. The first kappa shape index (κ1) is 18.5. The smallest absolute Gasteiger partial charge is 0.235 e. The molecule has 4 rings (SSSR count). The molecular formula is C24H25NO3. The lowest BCUT2D eigenvalue weighted by molar-refractivity contribution is -0.125. The van der Waals surface area contributed by atoms with Crippen LogP contribution < -0.4 is 10.1 Å². The molecule has 3 aromatic carbocycles. The molecule has 1 aliphatic heterocycles. The fraction of sp³-hybridized carbons (Fsp3) is 0.292. The molecule has 144 valence electrons. The van der Waals surface area contributed by atoms with Crippen LogP contribution in [-0.4, -0.2) is 25.7 Å². The molecule has 1 fully saturated rings. The molecule has 4 heteroatoms. The van der Waals surface area contributed by atoms with Gasteiger partial charge in [0.05, 0.1) is 12.0 Å². The molecule has 1 saturated heterocycles. The average molecular weight is 375 g/mol. The Morgan fingerprint density at radius 1 is 0.964 bits per heavy atom. The SMILES string of the molecule is CCOc1ccc(NC(=O)C2(c3ccccc3)CCOCC2)c2ccccc12. The van der Waals surface area contributed by atoms with Gasteiger partial charge in [0.15, 0.2) is 0 Å². The number of anilines is 1. The highest BCUT2D eigenvalue weighted by Crippen LogP contribution is 2.38. The number of hydrogen-bond acceptors (Lipinski definition) is 3. The molecule has 0 radical (unpaired) electrons. The van der Waals surface area contributed by atoms with E-state index in [1.165, 1.54) is 0 Å². The molecule has 0 unspecified atom stereocenters. The summed E-state index contributed by atoms with van der Waals surface area (Å²) in [6, 6.07) is 21.9. The molecule has 0 saturated carbocycles. The van der Waals surface area contributed by atoms with E-state index in [0.717, 1.165) is 27.8 Å². The lowest BCUT2D eigenvalue weighted by Crippen LogP contribution is -2.44. The fourth-order valence-corrected chi connectivity index (χ4v) is 4.03. The Hall–Kier alpha value is -2.85. The lowest BCUT2D eigenvalue weighted by atomic mass is 9.73. The van der Waals surface area contributed by atoms with Crippen molar-refractivity contribution in [1.82, 2.24) is 0 Å². The number of nitrogens with one attached hydrogen (secondary N) is 1. The number of ether oxygens (including phenoxy) is 2. The van der Waals surface area contributed by atoms with E-state index in [2.05, 4.69) is 5.32 Å². The number of benzene rings is 3. The summed E-state index contributed by atoms with van der Waals surface area (Å²) in [7, 11) is 0. The first-order valence-electron chi connectivity index (χ1n) is 9.84. The van der Waals surface area contributed by atoms with Crippen LogP contribution in [0.25, 0.3) is 10.8 Å². The predicted molar refractivity (Wildman–Crippen MR) is 112 cm³/mol. The van der Waals surface area contributed by atoms with Crippen molar-refractivity contribution in [1.29, 1.82) is 0 Å². The molecule has 28 heavy (non-hydrogen) atoms. The summed E-state index contributed by atoms with van der Waals surface area (Å²) in [5.74, 6) is 0.858. The fourth-order valence-electron chi connectivity index (χ4n) is 4.03. The second-order valence-electron chi connectivity index (χ2n) is 7.10. The molecule has 0 aromatic heterocycles. The molecule has 0 atom stereocenters. The van der Waals surface area contributed by atoms with Crippen LogP contribution in [0.4, 0.5) is 5.69 Å². The van der Waals surface area contributed by atoms with Crippen molar-refractivity contribution in [2.24, 2.45) is 0 Å². The van der Waals surface area contributed by atoms with Crippen LogP contribution in [0.3, 0.4) is 0 Å². The summed E-state index contributed by atoms with van der Waals surface area (Å²) in [5.41, 5.74) is 1.29. The highest BCUT2D eigenvalue weighted by Gasteiger charge is 2.41. The van der Waals surface area contributed by atoms with Gasteiger partial charge in [-0.2, -0.15) is 0 Å². The van der Waals surface area contributed by atoms with Crippen LogP contribution >= 0.6 is 0 Å². The lowest BCUT2D eigenvalue weighted by Gasteiger charge is -2.36. The van der Waals surface area contributed by atoms with Crippen molar-refractivity contribution in [3.05, 3.63) is 72.3 Å². The third-order valence-electron chi connectivity index (χ3n) is 5.54. The van der Waals surface area contributed by atoms with Gasteiger partial charge in [0, 0.05) is 29.7 Å². The van der Waals surface area contributed by atoms with E-state index in [0.29, 0.717) is 32.7 Å². The molecule has 0 bridgehead atoms. The van der Waals surface area contributed by atoms with Crippen molar-refractivity contribution in [3.8, 4) is 5.75 Å².